The summed E-state index contributed by atoms with van der Waals surface area (Å²) in [4.78, 5) is 25.5. The molecule has 3 N–H and O–H groups in total. The van der Waals surface area contributed by atoms with Gasteiger partial charge in [0.2, 0.25) is 0 Å². The molecule has 2 aromatic rings. The van der Waals surface area contributed by atoms with Crippen LogP contribution < -0.4 is 5.32 Å². The molecule has 1 saturated heterocycles. The van der Waals surface area contributed by atoms with Gasteiger partial charge in [-0.15, -0.1) is 0 Å². The number of rotatable bonds is 5. The van der Waals surface area contributed by atoms with Crippen LogP contribution in [0.4, 0.5) is 4.79 Å². The van der Waals surface area contributed by atoms with Gasteiger partial charge in [-0.05, 0) is 35.4 Å². The van der Waals surface area contributed by atoms with E-state index in [1.807, 2.05) is 0 Å². The van der Waals surface area contributed by atoms with Gasteiger partial charge < -0.3 is 20.4 Å². The van der Waals surface area contributed by atoms with Gasteiger partial charge >= 0.3 is 12.0 Å². The number of nitrogens with zero attached hydrogens (tertiary/aromatic N) is 1. The molecule has 2 atom stereocenters. The van der Waals surface area contributed by atoms with Crippen LogP contribution in [-0.2, 0) is 11.3 Å². The number of carbonyl (C=O) groups excluding carboxylic acids is 1. The summed E-state index contributed by atoms with van der Waals surface area (Å²) >= 11 is 15.6. The van der Waals surface area contributed by atoms with Crippen LogP contribution >= 0.6 is 39.1 Å². The average molecular weight is 488 g/mol. The van der Waals surface area contributed by atoms with Gasteiger partial charge in [-0.3, -0.25) is 4.79 Å². The molecule has 0 aliphatic carbocycles. The maximum Gasteiger partial charge on any atom is 0.318 e. The monoisotopic (exact) mass is 486 g/mol. The predicted molar refractivity (Wildman–Crippen MR) is 109 cm³/mol. The van der Waals surface area contributed by atoms with E-state index < -0.39 is 30.1 Å². The molecule has 1 aliphatic rings. The summed E-state index contributed by atoms with van der Waals surface area (Å²) in [5.41, 5.74) is -0.457. The number of hydrogen-bond donors (Lipinski definition) is 3. The van der Waals surface area contributed by atoms with Crippen molar-refractivity contribution in [3.8, 4) is 0 Å². The first kappa shape index (κ1) is 20.9. The van der Waals surface area contributed by atoms with E-state index in [0.29, 0.717) is 21.2 Å². The van der Waals surface area contributed by atoms with E-state index in [9.17, 15) is 19.8 Å². The highest BCUT2D eigenvalue weighted by Gasteiger charge is 2.48. The van der Waals surface area contributed by atoms with E-state index in [-0.39, 0.29) is 13.1 Å². The van der Waals surface area contributed by atoms with Gasteiger partial charge in [0.1, 0.15) is 5.60 Å². The van der Waals surface area contributed by atoms with E-state index in [2.05, 4.69) is 21.2 Å². The average Bonchev–Trinajstić information content (AvgIpc) is 2.61. The zero-order valence-corrected chi connectivity index (χ0v) is 17.6. The summed E-state index contributed by atoms with van der Waals surface area (Å²) in [7, 11) is 0. The predicted octanol–water partition coefficient (Wildman–Crippen LogP) is 4.23. The number of aliphatic carboxylic acids is 1. The minimum Gasteiger partial charge on any atom is -0.481 e. The normalized spacial score (nSPS) is 22.1. The number of halogens is 3. The fraction of sp³-hybridized carbons (Fsp3) is 0.263. The molecular formula is C19H17BrCl2N2O4. The third kappa shape index (κ3) is 4.43. The molecule has 0 saturated carbocycles. The fourth-order valence-corrected chi connectivity index (χ4v) is 4.12. The van der Waals surface area contributed by atoms with E-state index in [0.717, 1.165) is 4.47 Å². The lowest BCUT2D eigenvalue weighted by Gasteiger charge is -2.46. The van der Waals surface area contributed by atoms with Gasteiger partial charge in [-0.25, -0.2) is 4.79 Å². The van der Waals surface area contributed by atoms with E-state index >= 15 is 0 Å². The van der Waals surface area contributed by atoms with Gasteiger partial charge in [0.05, 0.1) is 19.0 Å². The molecule has 2 amide bonds. The number of hydrogen-bond acceptors (Lipinski definition) is 3. The fourth-order valence-electron chi connectivity index (χ4n) is 3.39. The van der Waals surface area contributed by atoms with Crippen LogP contribution in [-0.4, -0.2) is 39.3 Å². The van der Waals surface area contributed by atoms with Gasteiger partial charge in [0.25, 0.3) is 0 Å². The van der Waals surface area contributed by atoms with Crippen molar-refractivity contribution < 1.29 is 19.8 Å². The van der Waals surface area contributed by atoms with Crippen molar-refractivity contribution in [2.75, 3.05) is 6.54 Å². The second-order valence-electron chi connectivity index (χ2n) is 6.65. The summed E-state index contributed by atoms with van der Waals surface area (Å²) in [5.74, 6) is -1.16. The summed E-state index contributed by atoms with van der Waals surface area (Å²) in [6.45, 7) is -0.103. The molecule has 1 heterocycles. The third-order valence-corrected chi connectivity index (χ3v) is 5.74. The highest BCUT2D eigenvalue weighted by molar-refractivity contribution is 9.10. The molecule has 0 spiro atoms. The number of benzene rings is 2. The molecule has 1 fully saturated rings. The molecule has 0 radical (unpaired) electrons. The third-order valence-electron chi connectivity index (χ3n) is 4.63. The largest absolute Gasteiger partial charge is 0.481 e. The quantitative estimate of drug-likeness (QED) is 0.588. The summed E-state index contributed by atoms with van der Waals surface area (Å²) in [6.07, 6.45) is -0.529. The van der Waals surface area contributed by atoms with Crippen LogP contribution in [0.15, 0.2) is 46.9 Å². The number of amides is 2. The van der Waals surface area contributed by atoms with Crippen molar-refractivity contribution in [3.63, 3.8) is 0 Å². The van der Waals surface area contributed by atoms with Crippen molar-refractivity contribution in [1.82, 2.24) is 10.2 Å². The molecule has 2 aromatic carbocycles. The summed E-state index contributed by atoms with van der Waals surface area (Å²) in [5, 5.41) is 23.9. The Hall–Kier alpha value is -1.80. The van der Waals surface area contributed by atoms with Gasteiger partial charge in [-0.1, -0.05) is 57.3 Å². The molecular weight excluding hydrogens is 471 g/mol. The lowest BCUT2D eigenvalue weighted by atomic mass is 9.82. The number of β-amino-alcohol motifs (C(OH)–C–C–N with tert-alkyl or cyclic N) is 1. The zero-order chi connectivity index (χ0) is 20.5. The zero-order valence-electron chi connectivity index (χ0n) is 14.5. The second kappa shape index (κ2) is 8.29. The molecule has 148 valence electrons. The first-order valence-electron chi connectivity index (χ1n) is 8.37. The maximum absolute atomic E-state index is 12.7. The number of carboxylic acids is 1. The van der Waals surface area contributed by atoms with Gasteiger partial charge in [0.15, 0.2) is 0 Å². The van der Waals surface area contributed by atoms with Crippen LogP contribution in [0.25, 0.3) is 0 Å². The number of nitrogens with one attached hydrogen (secondary N) is 1. The Morgan fingerprint density at radius 2 is 1.93 bits per heavy atom. The summed E-state index contributed by atoms with van der Waals surface area (Å²) in [6, 6.07) is 10.7. The van der Waals surface area contributed by atoms with Crippen LogP contribution in [0.5, 0.6) is 0 Å². The Kier molecular flexibility index (Phi) is 6.19. The van der Waals surface area contributed by atoms with Gasteiger partial charge in [0, 0.05) is 21.1 Å². The Morgan fingerprint density at radius 3 is 2.54 bits per heavy atom. The highest BCUT2D eigenvalue weighted by atomic mass is 79.9. The molecule has 28 heavy (non-hydrogen) atoms. The Morgan fingerprint density at radius 1 is 1.25 bits per heavy atom. The van der Waals surface area contributed by atoms with Gasteiger partial charge in [-0.2, -0.15) is 0 Å². The van der Waals surface area contributed by atoms with Crippen LogP contribution in [0.1, 0.15) is 23.6 Å². The molecule has 3 rings (SSSR count). The Balaban J connectivity index is 2.05. The van der Waals surface area contributed by atoms with Crippen molar-refractivity contribution in [2.45, 2.75) is 24.6 Å². The minimum atomic E-state index is -1.70. The molecule has 1 aliphatic heterocycles. The van der Waals surface area contributed by atoms with Crippen LogP contribution in [0.3, 0.4) is 0 Å². The molecule has 9 heteroatoms. The minimum absolute atomic E-state index is 0.0739. The highest BCUT2D eigenvalue weighted by Crippen LogP contribution is 2.39. The van der Waals surface area contributed by atoms with Crippen LogP contribution in [0, 0.1) is 0 Å². The Labute approximate surface area is 180 Å². The number of aliphatic hydroxyl groups is 1. The second-order valence-corrected chi connectivity index (χ2v) is 8.41. The first-order chi connectivity index (χ1) is 13.2. The van der Waals surface area contributed by atoms with Crippen molar-refractivity contribution in [3.05, 3.63) is 68.1 Å². The van der Waals surface area contributed by atoms with Crippen LogP contribution in [0.2, 0.25) is 10.0 Å². The molecule has 6 nitrogen and oxygen atoms in total. The molecule has 0 bridgehead atoms. The lowest BCUT2D eigenvalue weighted by Crippen LogP contribution is -2.62. The molecule has 2 unspecified atom stereocenters. The number of carbonyl (C=O) groups is 2. The van der Waals surface area contributed by atoms with E-state index in [4.69, 9.17) is 23.2 Å². The van der Waals surface area contributed by atoms with Crippen molar-refractivity contribution >= 4 is 51.1 Å². The smallest absolute Gasteiger partial charge is 0.318 e. The van der Waals surface area contributed by atoms with E-state index in [1.165, 1.54) is 4.90 Å². The first-order valence-corrected chi connectivity index (χ1v) is 9.92. The standard InChI is InChI=1S/C19H17BrCl2N2O4/c20-13-4-1-11(2-5-13)17-19(28,8-16(25)26)10-23-18(27)24(17)9-12-3-6-14(21)7-15(12)22/h1-7,17,28H,8-10H2,(H,23,27)(H,25,26). The SMILES string of the molecule is O=C(O)CC1(O)CNC(=O)N(Cc2ccc(Cl)cc2Cl)C1c1ccc(Br)cc1. The maximum atomic E-state index is 12.7. The number of urea groups is 1. The Bertz CT molecular complexity index is 909. The number of carboxylic acid groups (broad SMARTS) is 1. The van der Waals surface area contributed by atoms with E-state index in [1.54, 1.807) is 42.5 Å². The summed E-state index contributed by atoms with van der Waals surface area (Å²) < 4.78 is 0.825. The lowest BCUT2D eigenvalue weighted by molar-refractivity contribution is -0.146. The molecule has 0 aromatic heterocycles. The van der Waals surface area contributed by atoms with Crippen molar-refractivity contribution in [2.24, 2.45) is 0 Å². The topological polar surface area (TPSA) is 89.9 Å². The van der Waals surface area contributed by atoms with Crippen molar-refractivity contribution in [1.29, 1.82) is 0 Å².